The highest BCUT2D eigenvalue weighted by molar-refractivity contribution is 5.95. The van der Waals surface area contributed by atoms with Crippen LogP contribution in [0.15, 0.2) is 97.1 Å². The number of carbonyl (C=O) groups is 8. The van der Waals surface area contributed by atoms with Crippen LogP contribution < -0.4 is 0 Å². The number of benzene rings is 4. The fraction of sp³-hybridized carbons (Fsp3) is 0.333. The first-order valence-corrected chi connectivity index (χ1v) is 20.9. The summed E-state index contributed by atoms with van der Waals surface area (Å²) in [6, 6.07) is 23.2. The molecule has 336 valence electrons. The molecule has 0 radical (unpaired) electrons. The number of rotatable bonds is 0. The lowest BCUT2D eigenvalue weighted by atomic mass is 10.1. The van der Waals surface area contributed by atoms with Crippen molar-refractivity contribution in [2.24, 2.45) is 0 Å². The second-order valence-corrected chi connectivity index (χ2v) is 14.2. The Kier molecular flexibility index (Phi) is 19.0. The number of carbonyl (C=O) groups excluding carboxylic acids is 8. The lowest BCUT2D eigenvalue weighted by molar-refractivity contribution is 0.0427. The Labute approximate surface area is 369 Å². The van der Waals surface area contributed by atoms with E-state index in [1.165, 1.54) is 97.1 Å². The van der Waals surface area contributed by atoms with Gasteiger partial charge in [0.1, 0.15) is 0 Å². The minimum atomic E-state index is -0.583. The largest absolute Gasteiger partial charge is 0.462 e. The van der Waals surface area contributed by atoms with Crippen LogP contribution in [0.5, 0.6) is 0 Å². The van der Waals surface area contributed by atoms with E-state index >= 15 is 0 Å². The Morgan fingerprint density at radius 2 is 0.281 bits per heavy atom. The summed E-state index contributed by atoms with van der Waals surface area (Å²) in [5, 5.41) is 0. The molecule has 8 bridgehead atoms. The summed E-state index contributed by atoms with van der Waals surface area (Å²) in [4.78, 5) is 99.8. The molecule has 0 fully saturated rings. The van der Waals surface area contributed by atoms with Gasteiger partial charge in [-0.15, -0.1) is 0 Å². The van der Waals surface area contributed by atoms with Crippen molar-refractivity contribution in [3.63, 3.8) is 0 Å². The molecule has 4 aromatic rings. The van der Waals surface area contributed by atoms with Gasteiger partial charge in [-0.05, 0) is 148 Å². The normalized spacial score (nSPS) is 17.0. The molecule has 0 atom stereocenters. The van der Waals surface area contributed by atoms with Gasteiger partial charge >= 0.3 is 47.8 Å². The van der Waals surface area contributed by atoms with E-state index < -0.39 is 47.8 Å². The zero-order chi connectivity index (χ0) is 45.5. The Balaban J connectivity index is 1.08. The molecule has 0 saturated carbocycles. The number of hydrogen-bond acceptors (Lipinski definition) is 16. The Bertz CT molecular complexity index is 1740. The molecule has 0 aromatic heterocycles. The van der Waals surface area contributed by atoms with Gasteiger partial charge in [-0.1, -0.05) is 0 Å². The maximum absolute atomic E-state index is 12.5. The van der Waals surface area contributed by atoms with Crippen LogP contribution in [0.1, 0.15) is 134 Å². The molecule has 0 aliphatic carbocycles. The van der Waals surface area contributed by atoms with Crippen molar-refractivity contribution < 1.29 is 76.3 Å². The van der Waals surface area contributed by atoms with Crippen LogP contribution >= 0.6 is 0 Å². The molecule has 7 aliphatic heterocycles. The molecule has 16 heteroatoms. The monoisotopic (exact) mass is 880 g/mol. The predicted octanol–water partition coefficient (Wildman–Crippen LogP) is 7.18. The molecular formula is C48H48O16. The van der Waals surface area contributed by atoms with E-state index in [0.717, 1.165) is 0 Å². The van der Waals surface area contributed by atoms with E-state index in [1.54, 1.807) is 0 Å². The van der Waals surface area contributed by atoms with Crippen LogP contribution in [0.3, 0.4) is 0 Å². The third-order valence-corrected chi connectivity index (χ3v) is 9.45. The van der Waals surface area contributed by atoms with Gasteiger partial charge in [0.2, 0.25) is 0 Å². The van der Waals surface area contributed by atoms with Gasteiger partial charge in [0.15, 0.2) is 0 Å². The zero-order valence-corrected chi connectivity index (χ0v) is 35.1. The molecule has 7 heterocycles. The van der Waals surface area contributed by atoms with Crippen LogP contribution in [-0.2, 0) is 37.9 Å². The summed E-state index contributed by atoms with van der Waals surface area (Å²) < 4.78 is 42.3. The van der Waals surface area contributed by atoms with E-state index in [4.69, 9.17) is 37.9 Å². The van der Waals surface area contributed by atoms with Crippen molar-refractivity contribution in [1.29, 1.82) is 0 Å². The van der Waals surface area contributed by atoms with Crippen LogP contribution in [0, 0.1) is 0 Å². The highest BCUT2D eigenvalue weighted by Gasteiger charge is 2.16. The van der Waals surface area contributed by atoms with Crippen LogP contribution in [0.25, 0.3) is 0 Å². The lowest BCUT2D eigenvalue weighted by Gasteiger charge is -2.09. The highest BCUT2D eigenvalue weighted by atomic mass is 16.6. The molecule has 0 saturated heterocycles. The van der Waals surface area contributed by atoms with Crippen LogP contribution in [0.4, 0.5) is 0 Å². The van der Waals surface area contributed by atoms with Crippen molar-refractivity contribution in [2.45, 2.75) is 51.4 Å². The molecule has 0 unspecified atom stereocenters. The summed E-state index contributed by atoms with van der Waals surface area (Å²) in [5.74, 6) is -4.67. The van der Waals surface area contributed by atoms with E-state index in [1.807, 2.05) is 0 Å². The number of hydrogen-bond donors (Lipinski definition) is 0. The van der Waals surface area contributed by atoms with Gasteiger partial charge in [-0.3, -0.25) is 0 Å². The SMILES string of the molecule is O=C1OCCCCOC(=O)c2ccc(cc2)C(=O)OCCCCOC(=O)c2ccc(cc2)C(=O)OCCCCOC(=O)c2ccc(cc2)C(=O)OCCCCOC(=O)c2ccc1cc2. The molecule has 11 rings (SSSR count). The molecule has 0 spiro atoms. The highest BCUT2D eigenvalue weighted by Crippen LogP contribution is 2.14. The summed E-state index contributed by atoms with van der Waals surface area (Å²) >= 11 is 0. The van der Waals surface area contributed by atoms with Crippen LogP contribution in [0.2, 0.25) is 0 Å². The van der Waals surface area contributed by atoms with Gasteiger partial charge in [-0.2, -0.15) is 0 Å². The van der Waals surface area contributed by atoms with Crippen molar-refractivity contribution in [2.75, 3.05) is 52.9 Å². The Morgan fingerprint density at radius 1 is 0.188 bits per heavy atom. The van der Waals surface area contributed by atoms with E-state index in [0.29, 0.717) is 51.4 Å². The third kappa shape index (κ3) is 15.5. The van der Waals surface area contributed by atoms with Gasteiger partial charge < -0.3 is 37.9 Å². The maximum Gasteiger partial charge on any atom is 0.338 e. The van der Waals surface area contributed by atoms with Crippen molar-refractivity contribution >= 4 is 47.8 Å². The summed E-state index contributed by atoms with van der Waals surface area (Å²) in [6.45, 7) is 0.628. The molecule has 0 N–H and O–H groups in total. The second kappa shape index (κ2) is 25.5. The minimum Gasteiger partial charge on any atom is -0.462 e. The fourth-order valence-corrected chi connectivity index (χ4v) is 5.77. The Hall–Kier alpha value is -7.36. The van der Waals surface area contributed by atoms with Gasteiger partial charge in [-0.25, -0.2) is 38.4 Å². The van der Waals surface area contributed by atoms with Crippen molar-refractivity contribution in [1.82, 2.24) is 0 Å². The van der Waals surface area contributed by atoms with Crippen molar-refractivity contribution in [3.8, 4) is 0 Å². The maximum atomic E-state index is 12.5. The minimum absolute atomic E-state index is 0.0785. The molecule has 0 amide bonds. The average Bonchev–Trinajstić information content (AvgIpc) is 3.32. The second-order valence-electron chi connectivity index (χ2n) is 14.2. The summed E-state index contributed by atoms with van der Waals surface area (Å²) in [6.07, 6.45) is 3.40. The fourth-order valence-electron chi connectivity index (χ4n) is 5.77. The predicted molar refractivity (Wildman–Crippen MR) is 225 cm³/mol. The third-order valence-electron chi connectivity index (χ3n) is 9.45. The van der Waals surface area contributed by atoms with E-state index in [2.05, 4.69) is 0 Å². The number of esters is 8. The van der Waals surface area contributed by atoms with Gasteiger partial charge in [0.05, 0.1) is 97.4 Å². The van der Waals surface area contributed by atoms with Gasteiger partial charge in [0, 0.05) is 0 Å². The summed E-state index contributed by atoms with van der Waals surface area (Å²) in [5.41, 5.74) is 1.92. The quantitative estimate of drug-likeness (QED) is 0.126. The molecule has 16 nitrogen and oxygen atoms in total. The standard InChI is InChI=1S/C48H48O16/c49-41-33-9-11-35(12-10-33)43(51)59-27-3-4-29-61-45(53)37-17-19-39(20-18-37)47(55)63-31-7-8-32-64-48(56)40-23-21-38(22-24-40)46(54)62-30-6-5-28-60-44(52)36-15-13-34(14-16-36)42(50)58-26-2-1-25-57-41/h9-24H,1-8,25-32H2. The smallest absolute Gasteiger partial charge is 0.338 e. The van der Waals surface area contributed by atoms with E-state index in [9.17, 15) is 38.4 Å². The molecule has 4 aromatic carbocycles. The first-order chi connectivity index (χ1) is 31.1. The first kappa shape index (κ1) is 47.7. The summed E-state index contributed by atoms with van der Waals surface area (Å²) in [7, 11) is 0. The van der Waals surface area contributed by atoms with E-state index in [-0.39, 0.29) is 97.4 Å². The van der Waals surface area contributed by atoms with Gasteiger partial charge in [0.25, 0.3) is 0 Å². The zero-order valence-electron chi connectivity index (χ0n) is 35.1. The number of ether oxygens (including phenoxy) is 8. The molecule has 7 aliphatic rings. The average molecular weight is 881 g/mol. The van der Waals surface area contributed by atoms with Crippen molar-refractivity contribution in [3.05, 3.63) is 142 Å². The topological polar surface area (TPSA) is 210 Å². The molecule has 64 heavy (non-hydrogen) atoms. The molecular weight excluding hydrogens is 833 g/mol. The van der Waals surface area contributed by atoms with Crippen LogP contribution in [-0.4, -0.2) is 101 Å². The first-order valence-electron chi connectivity index (χ1n) is 20.9. The Morgan fingerprint density at radius 3 is 0.375 bits per heavy atom. The lowest BCUT2D eigenvalue weighted by Crippen LogP contribution is -2.12.